The Morgan fingerprint density at radius 3 is 2.54 bits per heavy atom. The second-order valence-corrected chi connectivity index (χ2v) is 12.4. The minimum atomic E-state index is -0.923. The second-order valence-electron chi connectivity index (χ2n) is 10.2. The molecule has 37 heavy (non-hydrogen) atoms. The highest BCUT2D eigenvalue weighted by molar-refractivity contribution is 7.37. The normalized spacial score (nSPS) is 21.1. The van der Waals surface area contributed by atoms with Crippen LogP contribution in [0.25, 0.3) is 11.0 Å². The molecule has 1 aliphatic carbocycles. The summed E-state index contributed by atoms with van der Waals surface area (Å²) in [5.74, 6) is 0.183. The first-order valence-electron chi connectivity index (χ1n) is 12.3. The first kappa shape index (κ1) is 26.1. The number of halogens is 1. The third-order valence-electron chi connectivity index (χ3n) is 8.09. The van der Waals surface area contributed by atoms with Gasteiger partial charge >= 0.3 is 0 Å². The third kappa shape index (κ3) is 4.07. The number of carbonyl (C=O) groups is 1. The van der Waals surface area contributed by atoms with Gasteiger partial charge in [0.1, 0.15) is 29.2 Å². The van der Waals surface area contributed by atoms with Gasteiger partial charge in [-0.05, 0) is 31.4 Å². The average Bonchev–Trinajstić information content (AvgIpc) is 3.56. The number of benzene rings is 1. The molecular weight excluding hydrogens is 511 g/mol. The lowest BCUT2D eigenvalue weighted by Gasteiger charge is -2.34. The Morgan fingerprint density at radius 2 is 1.92 bits per heavy atom. The predicted molar refractivity (Wildman–Crippen MR) is 148 cm³/mol. The van der Waals surface area contributed by atoms with Gasteiger partial charge in [-0.2, -0.15) is 0 Å². The number of aromatic nitrogens is 3. The molecule has 196 valence electrons. The monoisotopic (exact) mass is 543 g/mol. The van der Waals surface area contributed by atoms with E-state index in [1.54, 1.807) is 44.2 Å². The molecule has 2 fully saturated rings. The van der Waals surface area contributed by atoms with Crippen molar-refractivity contribution in [3.05, 3.63) is 63.5 Å². The average molecular weight is 544 g/mol. The highest BCUT2D eigenvalue weighted by Crippen LogP contribution is 2.63. The van der Waals surface area contributed by atoms with Crippen LogP contribution in [0.1, 0.15) is 54.8 Å². The number of amides is 1. The van der Waals surface area contributed by atoms with Crippen molar-refractivity contribution in [3.8, 4) is 0 Å². The fourth-order valence-corrected chi connectivity index (χ4v) is 6.31. The van der Waals surface area contributed by atoms with Gasteiger partial charge in [-0.25, -0.2) is 14.4 Å². The number of hydrogen-bond acceptors (Lipinski definition) is 6. The smallest absolute Gasteiger partial charge is 0.258 e. The van der Waals surface area contributed by atoms with E-state index in [4.69, 9.17) is 4.74 Å². The van der Waals surface area contributed by atoms with Crippen LogP contribution in [0.3, 0.4) is 0 Å². The standard InChI is InChI=1S/C26H32FN5O3P2/c1-14(16-6-5-7-17(20(16)27)24(36)37)30-21-18-10-19(23(34)31(3)22(18)29-13-28-21)26(35-4)12-32(15(2)33)11-25(26)8-9-25/h5-7,10,13-14,24H,8-9,11-12,36-37H2,1-4H3,(H,28,29,30)/t14-,26?/m1/s1. The summed E-state index contributed by atoms with van der Waals surface area (Å²) < 4.78 is 22.9. The van der Waals surface area contributed by atoms with E-state index < -0.39 is 11.6 Å². The van der Waals surface area contributed by atoms with E-state index in [9.17, 15) is 9.59 Å². The van der Waals surface area contributed by atoms with Crippen molar-refractivity contribution in [1.29, 1.82) is 0 Å². The number of ether oxygens (including phenoxy) is 1. The number of nitrogens with zero attached hydrogens (tertiary/aromatic N) is 4. The van der Waals surface area contributed by atoms with Crippen molar-refractivity contribution in [2.75, 3.05) is 25.5 Å². The fourth-order valence-electron chi connectivity index (χ4n) is 5.80. The van der Waals surface area contributed by atoms with Crippen LogP contribution in [0, 0.1) is 11.2 Å². The number of pyridine rings is 1. The number of likely N-dealkylation sites (tertiary alicyclic amines) is 1. The van der Waals surface area contributed by atoms with Gasteiger partial charge in [-0.15, -0.1) is 18.5 Å². The SMILES string of the molecule is COC1(c2cc3c(N[C@H](C)c4cccc(C(P)P)c4F)ncnc3n(C)c2=O)CN(C(C)=O)CC12CC2. The number of rotatable bonds is 6. The predicted octanol–water partition coefficient (Wildman–Crippen LogP) is 3.87. The number of fused-ring (bicyclic) bond motifs is 1. The lowest BCUT2D eigenvalue weighted by molar-refractivity contribution is -0.129. The summed E-state index contributed by atoms with van der Waals surface area (Å²) in [7, 11) is 8.47. The van der Waals surface area contributed by atoms with Crippen LogP contribution in [0.5, 0.6) is 0 Å². The number of aryl methyl sites for hydroxylation is 1. The Balaban J connectivity index is 1.62. The fraction of sp³-hybridized carbons (Fsp3) is 0.462. The molecule has 1 N–H and O–H groups in total. The van der Waals surface area contributed by atoms with Crippen molar-refractivity contribution >= 4 is 41.2 Å². The van der Waals surface area contributed by atoms with Crippen LogP contribution >= 0.6 is 18.5 Å². The van der Waals surface area contributed by atoms with Gasteiger partial charge in [-0.1, -0.05) is 18.2 Å². The molecule has 1 aromatic carbocycles. The summed E-state index contributed by atoms with van der Waals surface area (Å²) >= 11 is 0. The van der Waals surface area contributed by atoms with Gasteiger partial charge in [-0.3, -0.25) is 14.2 Å². The minimum Gasteiger partial charge on any atom is -0.371 e. The molecule has 0 bridgehead atoms. The second kappa shape index (κ2) is 9.37. The van der Waals surface area contributed by atoms with Crippen molar-refractivity contribution in [2.45, 2.75) is 43.7 Å². The van der Waals surface area contributed by atoms with E-state index in [1.807, 2.05) is 13.0 Å². The van der Waals surface area contributed by atoms with Gasteiger partial charge < -0.3 is 15.0 Å². The van der Waals surface area contributed by atoms with E-state index in [0.717, 1.165) is 12.8 Å². The highest BCUT2D eigenvalue weighted by atomic mass is 31.1. The summed E-state index contributed by atoms with van der Waals surface area (Å²) in [4.78, 5) is 36.6. The van der Waals surface area contributed by atoms with E-state index >= 15 is 4.39 Å². The molecule has 1 spiro atoms. The quantitative estimate of drug-likeness (QED) is 0.475. The number of methoxy groups -OCH3 is 1. The molecule has 2 aliphatic rings. The number of hydrogen-bond donors (Lipinski definition) is 1. The Bertz CT molecular complexity index is 1460. The molecular formula is C26H32FN5O3P2. The molecule has 1 saturated heterocycles. The van der Waals surface area contributed by atoms with Crippen LogP contribution in [0.4, 0.5) is 10.2 Å². The van der Waals surface area contributed by atoms with Crippen LogP contribution in [-0.4, -0.2) is 45.5 Å². The summed E-state index contributed by atoms with van der Waals surface area (Å²) in [6.45, 7) is 4.29. The largest absolute Gasteiger partial charge is 0.371 e. The van der Waals surface area contributed by atoms with Gasteiger partial charge in [0.25, 0.3) is 5.56 Å². The van der Waals surface area contributed by atoms with Crippen molar-refractivity contribution in [1.82, 2.24) is 19.4 Å². The first-order valence-corrected chi connectivity index (χ1v) is 13.6. The zero-order valence-corrected chi connectivity index (χ0v) is 23.7. The van der Waals surface area contributed by atoms with Crippen molar-refractivity contribution in [2.24, 2.45) is 12.5 Å². The lowest BCUT2D eigenvalue weighted by atomic mass is 9.81. The first-order chi connectivity index (χ1) is 17.5. The zero-order chi connectivity index (χ0) is 26.7. The molecule has 1 amide bonds. The van der Waals surface area contributed by atoms with Gasteiger partial charge in [0.15, 0.2) is 0 Å². The topological polar surface area (TPSA) is 89.3 Å². The summed E-state index contributed by atoms with van der Waals surface area (Å²) in [6, 6.07) is 6.75. The maximum Gasteiger partial charge on any atom is 0.258 e. The molecule has 1 saturated carbocycles. The molecule has 8 nitrogen and oxygen atoms in total. The van der Waals surface area contributed by atoms with Gasteiger partial charge in [0, 0.05) is 44.0 Å². The van der Waals surface area contributed by atoms with Gasteiger partial charge in [0.05, 0.1) is 23.5 Å². The molecule has 1 aliphatic heterocycles. The summed E-state index contributed by atoms with van der Waals surface area (Å²) in [5, 5.41) is 3.87. The summed E-state index contributed by atoms with van der Waals surface area (Å²) in [5.41, 5.74) is 0.621. The van der Waals surface area contributed by atoms with Crippen LogP contribution in [0.2, 0.25) is 0 Å². The third-order valence-corrected chi connectivity index (χ3v) is 8.81. The van der Waals surface area contributed by atoms with Gasteiger partial charge in [0.2, 0.25) is 5.91 Å². The number of nitrogens with one attached hydrogen (secondary N) is 1. The minimum absolute atomic E-state index is 0.0372. The number of carbonyl (C=O) groups excluding carboxylic acids is 1. The highest BCUT2D eigenvalue weighted by Gasteiger charge is 2.67. The van der Waals surface area contributed by atoms with E-state index in [0.29, 0.717) is 46.6 Å². The molecule has 5 rings (SSSR count). The van der Waals surface area contributed by atoms with Crippen molar-refractivity contribution < 1.29 is 13.9 Å². The van der Waals surface area contributed by atoms with Crippen LogP contribution in [0.15, 0.2) is 35.4 Å². The summed E-state index contributed by atoms with van der Waals surface area (Å²) in [6.07, 6.45) is 3.15. The molecule has 0 radical (unpaired) electrons. The molecule has 3 aromatic rings. The maximum atomic E-state index is 15.3. The molecule has 3 heterocycles. The molecule has 4 atom stereocenters. The Labute approximate surface area is 219 Å². The Hall–Kier alpha value is -2.47. The van der Waals surface area contributed by atoms with Crippen LogP contribution < -0.4 is 10.9 Å². The number of anilines is 1. The van der Waals surface area contributed by atoms with Crippen LogP contribution in [-0.2, 0) is 22.2 Å². The Morgan fingerprint density at radius 1 is 1.22 bits per heavy atom. The van der Waals surface area contributed by atoms with Crippen molar-refractivity contribution in [3.63, 3.8) is 0 Å². The molecule has 2 aromatic heterocycles. The lowest BCUT2D eigenvalue weighted by Crippen LogP contribution is -2.44. The Kier molecular flexibility index (Phi) is 6.62. The maximum absolute atomic E-state index is 15.3. The molecule has 3 unspecified atom stereocenters. The molecule has 11 heteroatoms. The zero-order valence-electron chi connectivity index (χ0n) is 21.4. The van der Waals surface area contributed by atoms with E-state index in [2.05, 4.69) is 33.8 Å². The van der Waals surface area contributed by atoms with E-state index in [-0.39, 0.29) is 28.1 Å². The van der Waals surface area contributed by atoms with E-state index in [1.165, 1.54) is 10.9 Å².